The van der Waals surface area contributed by atoms with E-state index in [1.807, 2.05) is 30.3 Å². The lowest BCUT2D eigenvalue weighted by Crippen LogP contribution is -2.55. The van der Waals surface area contributed by atoms with E-state index in [0.29, 0.717) is 17.7 Å². The maximum atomic E-state index is 12.1. The fraction of sp³-hybridized carbons (Fsp3) is 0.278. The minimum absolute atomic E-state index is 0.481. The van der Waals surface area contributed by atoms with Crippen molar-refractivity contribution in [2.24, 2.45) is 5.73 Å². The lowest BCUT2D eigenvalue weighted by Gasteiger charge is -2.25. The Bertz CT molecular complexity index is 812. The van der Waals surface area contributed by atoms with Crippen molar-refractivity contribution in [3.05, 3.63) is 41.4 Å². The van der Waals surface area contributed by atoms with Crippen molar-refractivity contribution < 1.29 is 9.59 Å². The van der Waals surface area contributed by atoms with Crippen LogP contribution >= 0.6 is 11.3 Å². The zero-order valence-corrected chi connectivity index (χ0v) is 13.9. The molecule has 3 rings (SSSR count). The number of carbonyl (C=O) groups excluding carboxylic acids is 2. The third kappa shape index (κ3) is 3.47. The van der Waals surface area contributed by atoms with Gasteiger partial charge in [-0.25, -0.2) is 4.98 Å². The Balaban J connectivity index is 1.70. The van der Waals surface area contributed by atoms with Crippen molar-refractivity contribution in [1.29, 1.82) is 0 Å². The molecule has 1 saturated carbocycles. The van der Waals surface area contributed by atoms with E-state index in [1.165, 1.54) is 11.3 Å². The largest absolute Gasteiger partial charge is 0.368 e. The Hall–Kier alpha value is -2.65. The molecule has 2 amide bonds. The average Bonchev–Trinajstić information content (AvgIpc) is 3.24. The molecule has 1 aromatic heterocycles. The van der Waals surface area contributed by atoms with Gasteiger partial charge in [-0.2, -0.15) is 0 Å². The summed E-state index contributed by atoms with van der Waals surface area (Å²) in [4.78, 5) is 28.7. The molecule has 0 bridgehead atoms. The van der Waals surface area contributed by atoms with Gasteiger partial charge in [0, 0.05) is 11.5 Å². The van der Waals surface area contributed by atoms with Crippen LogP contribution in [0.3, 0.4) is 0 Å². The molecule has 6 heteroatoms. The van der Waals surface area contributed by atoms with Crippen LogP contribution in [0.15, 0.2) is 36.5 Å². The summed E-state index contributed by atoms with van der Waals surface area (Å²) < 4.78 is 0. The average molecular weight is 339 g/mol. The fourth-order valence-electron chi connectivity index (χ4n) is 2.82. The van der Waals surface area contributed by atoms with Crippen molar-refractivity contribution in [3.8, 4) is 22.4 Å². The number of hydrogen-bond acceptors (Lipinski definition) is 4. The molecule has 3 N–H and O–H groups in total. The van der Waals surface area contributed by atoms with E-state index >= 15 is 0 Å². The molecule has 1 heterocycles. The number of nitrogens with one attached hydrogen (secondary N) is 1. The summed E-state index contributed by atoms with van der Waals surface area (Å²) in [7, 11) is 0. The minimum Gasteiger partial charge on any atom is -0.368 e. The second-order valence-corrected chi connectivity index (χ2v) is 6.78. The molecule has 0 unspecified atom stereocenters. The highest BCUT2D eigenvalue weighted by Gasteiger charge is 2.40. The highest BCUT2D eigenvalue weighted by atomic mass is 32.1. The van der Waals surface area contributed by atoms with Gasteiger partial charge in [-0.1, -0.05) is 43.2 Å². The van der Waals surface area contributed by atoms with E-state index in [4.69, 9.17) is 5.73 Å². The van der Waals surface area contributed by atoms with Gasteiger partial charge >= 0.3 is 0 Å². The summed E-state index contributed by atoms with van der Waals surface area (Å²) in [5.41, 5.74) is 5.52. The molecule has 0 saturated heterocycles. The number of amides is 2. The maximum absolute atomic E-state index is 12.1. The van der Waals surface area contributed by atoms with E-state index in [-0.39, 0.29) is 0 Å². The molecule has 24 heavy (non-hydrogen) atoms. The van der Waals surface area contributed by atoms with Crippen LogP contribution in [-0.2, 0) is 9.59 Å². The van der Waals surface area contributed by atoms with E-state index < -0.39 is 17.4 Å². The van der Waals surface area contributed by atoms with Gasteiger partial charge in [-0.05, 0) is 18.8 Å². The summed E-state index contributed by atoms with van der Waals surface area (Å²) in [6, 6.07) is 9.78. The monoisotopic (exact) mass is 339 g/mol. The predicted octanol–water partition coefficient (Wildman–Crippen LogP) is 2.08. The van der Waals surface area contributed by atoms with Gasteiger partial charge in [0.1, 0.15) is 10.5 Å². The first kappa shape index (κ1) is 16.2. The van der Waals surface area contributed by atoms with Gasteiger partial charge in [-0.15, -0.1) is 11.3 Å². The first-order chi connectivity index (χ1) is 11.6. The SMILES string of the molecule is NC(=O)C1(NC(=O)C#Cc2cnc(-c3ccccc3)s2)CCCC1. The Labute approximate surface area is 144 Å². The van der Waals surface area contributed by atoms with Crippen LogP contribution in [0.25, 0.3) is 10.6 Å². The summed E-state index contributed by atoms with van der Waals surface area (Å²) in [5, 5.41) is 3.55. The second kappa shape index (κ2) is 6.85. The van der Waals surface area contributed by atoms with Gasteiger partial charge in [-0.3, -0.25) is 9.59 Å². The quantitative estimate of drug-likeness (QED) is 0.840. The summed E-state index contributed by atoms with van der Waals surface area (Å²) in [6.07, 6.45) is 4.56. The van der Waals surface area contributed by atoms with Crippen molar-refractivity contribution in [2.75, 3.05) is 0 Å². The van der Waals surface area contributed by atoms with Gasteiger partial charge in [0.05, 0.1) is 11.1 Å². The predicted molar refractivity (Wildman–Crippen MR) is 93.0 cm³/mol. The Morgan fingerprint density at radius 2 is 1.92 bits per heavy atom. The van der Waals surface area contributed by atoms with Crippen LogP contribution in [0.1, 0.15) is 30.6 Å². The van der Waals surface area contributed by atoms with Crippen molar-refractivity contribution >= 4 is 23.2 Å². The number of nitrogens with zero attached hydrogens (tertiary/aromatic N) is 1. The molecule has 2 aromatic rings. The molecule has 5 nitrogen and oxygen atoms in total. The topological polar surface area (TPSA) is 85.1 Å². The zero-order chi connectivity index (χ0) is 17.0. The molecular formula is C18H17N3O2S. The van der Waals surface area contributed by atoms with Gasteiger partial charge in [0.15, 0.2) is 0 Å². The third-order valence-electron chi connectivity index (χ3n) is 4.11. The molecule has 122 valence electrons. The summed E-state index contributed by atoms with van der Waals surface area (Å²) in [6.45, 7) is 0. The standard InChI is InChI=1S/C18H17N3O2S/c19-17(23)18(10-4-5-11-18)21-15(22)9-8-14-12-20-16(24-14)13-6-2-1-3-7-13/h1-3,6-7,12H,4-5,10-11H2,(H2,19,23)(H,21,22). The highest BCUT2D eigenvalue weighted by Crippen LogP contribution is 2.29. The third-order valence-corrected chi connectivity index (χ3v) is 5.07. The van der Waals surface area contributed by atoms with Crippen LogP contribution in [0, 0.1) is 11.8 Å². The van der Waals surface area contributed by atoms with Crippen LogP contribution in [0.2, 0.25) is 0 Å². The summed E-state index contributed by atoms with van der Waals surface area (Å²) >= 11 is 1.42. The number of aromatic nitrogens is 1. The van der Waals surface area contributed by atoms with E-state index in [1.54, 1.807) is 6.20 Å². The first-order valence-electron chi connectivity index (χ1n) is 7.74. The molecule has 1 aromatic carbocycles. The van der Waals surface area contributed by atoms with E-state index in [9.17, 15) is 9.59 Å². The molecular weight excluding hydrogens is 322 g/mol. The van der Waals surface area contributed by atoms with Crippen molar-refractivity contribution in [3.63, 3.8) is 0 Å². The Morgan fingerprint density at radius 3 is 2.58 bits per heavy atom. The lowest BCUT2D eigenvalue weighted by atomic mass is 9.97. The number of rotatable bonds is 3. The Morgan fingerprint density at radius 1 is 1.21 bits per heavy atom. The molecule has 0 atom stereocenters. The minimum atomic E-state index is -0.936. The van der Waals surface area contributed by atoms with Gasteiger partial charge < -0.3 is 11.1 Å². The Kier molecular flexibility index (Phi) is 4.63. The number of primary amides is 1. The molecule has 1 fully saturated rings. The zero-order valence-electron chi connectivity index (χ0n) is 13.0. The number of thiazole rings is 1. The molecule has 0 radical (unpaired) electrons. The lowest BCUT2D eigenvalue weighted by molar-refractivity contribution is -0.129. The number of nitrogens with two attached hydrogens (primary N) is 1. The highest BCUT2D eigenvalue weighted by molar-refractivity contribution is 7.15. The smallest absolute Gasteiger partial charge is 0.297 e. The number of carbonyl (C=O) groups is 2. The number of benzene rings is 1. The van der Waals surface area contributed by atoms with Crippen molar-refractivity contribution in [2.45, 2.75) is 31.2 Å². The van der Waals surface area contributed by atoms with Crippen LogP contribution < -0.4 is 11.1 Å². The molecule has 1 aliphatic carbocycles. The normalized spacial score (nSPS) is 15.3. The molecule has 1 aliphatic rings. The van der Waals surface area contributed by atoms with Gasteiger partial charge in [0.2, 0.25) is 5.91 Å². The van der Waals surface area contributed by atoms with Crippen molar-refractivity contribution in [1.82, 2.24) is 10.3 Å². The van der Waals surface area contributed by atoms with Crippen LogP contribution in [0.5, 0.6) is 0 Å². The summed E-state index contributed by atoms with van der Waals surface area (Å²) in [5.74, 6) is 4.37. The fourth-order valence-corrected chi connectivity index (χ4v) is 3.60. The second-order valence-electron chi connectivity index (χ2n) is 5.75. The molecule has 0 spiro atoms. The van der Waals surface area contributed by atoms with E-state index in [2.05, 4.69) is 22.1 Å². The first-order valence-corrected chi connectivity index (χ1v) is 8.56. The van der Waals surface area contributed by atoms with Gasteiger partial charge in [0.25, 0.3) is 5.91 Å². The van der Waals surface area contributed by atoms with Crippen LogP contribution in [-0.4, -0.2) is 22.3 Å². The van der Waals surface area contributed by atoms with E-state index in [0.717, 1.165) is 23.4 Å². The maximum Gasteiger partial charge on any atom is 0.297 e. The molecule has 0 aliphatic heterocycles. The number of hydrogen-bond donors (Lipinski definition) is 2. The van der Waals surface area contributed by atoms with Crippen LogP contribution in [0.4, 0.5) is 0 Å².